The summed E-state index contributed by atoms with van der Waals surface area (Å²) in [4.78, 5) is 14.8. The highest BCUT2D eigenvalue weighted by molar-refractivity contribution is 7.89. The van der Waals surface area contributed by atoms with Crippen LogP contribution in [-0.2, 0) is 10.0 Å². The molecule has 152 valence electrons. The second kappa shape index (κ2) is 7.22. The van der Waals surface area contributed by atoms with Gasteiger partial charge in [-0.2, -0.15) is 0 Å². The second-order valence-electron chi connectivity index (χ2n) is 5.74. The van der Waals surface area contributed by atoms with Crippen LogP contribution in [0.15, 0.2) is 53.6 Å². The zero-order chi connectivity index (χ0) is 21.4. The molecule has 0 spiro atoms. The van der Waals surface area contributed by atoms with Gasteiger partial charge in [-0.3, -0.25) is 4.98 Å². The Labute approximate surface area is 161 Å². The van der Waals surface area contributed by atoms with E-state index in [1.54, 1.807) is 0 Å². The molecule has 4 N–H and O–H groups in total. The standard InChI is InChI=1S/C17H12F3N3O5S/c18-17(19,20)28-9-5-6-12-11(7-9)15(14(8-22-12)29(21,26)27)23-13-4-2-1-3-10(13)16(24)25/h1-8H,(H,22,23)(H,24,25)(H2,21,26,27). The third kappa shape index (κ3) is 4.55. The van der Waals surface area contributed by atoms with E-state index in [0.717, 1.165) is 18.3 Å². The minimum Gasteiger partial charge on any atom is -0.478 e. The smallest absolute Gasteiger partial charge is 0.478 e. The zero-order valence-electron chi connectivity index (χ0n) is 14.3. The molecule has 0 aliphatic carbocycles. The van der Waals surface area contributed by atoms with Crippen molar-refractivity contribution in [3.8, 4) is 5.75 Å². The number of carboxylic acids is 1. The van der Waals surface area contributed by atoms with Crippen LogP contribution in [0.3, 0.4) is 0 Å². The summed E-state index contributed by atoms with van der Waals surface area (Å²) in [5.41, 5.74) is -0.305. The Morgan fingerprint density at radius 1 is 1.17 bits per heavy atom. The van der Waals surface area contributed by atoms with Crippen molar-refractivity contribution in [3.63, 3.8) is 0 Å². The van der Waals surface area contributed by atoms with Gasteiger partial charge in [0.15, 0.2) is 0 Å². The van der Waals surface area contributed by atoms with Crippen LogP contribution >= 0.6 is 0 Å². The van der Waals surface area contributed by atoms with Crippen LogP contribution < -0.4 is 15.2 Å². The molecule has 12 heteroatoms. The van der Waals surface area contributed by atoms with Crippen LogP contribution in [0.5, 0.6) is 5.75 Å². The number of pyridine rings is 1. The molecule has 0 saturated carbocycles. The van der Waals surface area contributed by atoms with E-state index in [2.05, 4.69) is 15.0 Å². The Kier molecular flexibility index (Phi) is 5.07. The lowest BCUT2D eigenvalue weighted by molar-refractivity contribution is -0.274. The van der Waals surface area contributed by atoms with E-state index in [1.807, 2.05) is 0 Å². The number of fused-ring (bicyclic) bond motifs is 1. The van der Waals surface area contributed by atoms with E-state index in [0.29, 0.717) is 0 Å². The molecule has 0 aliphatic rings. The average molecular weight is 427 g/mol. The number of anilines is 2. The topological polar surface area (TPSA) is 132 Å². The van der Waals surface area contributed by atoms with Crippen LogP contribution in [0.1, 0.15) is 10.4 Å². The lowest BCUT2D eigenvalue weighted by Crippen LogP contribution is -2.17. The number of rotatable bonds is 5. The van der Waals surface area contributed by atoms with E-state index in [1.165, 1.54) is 30.3 Å². The molecule has 1 heterocycles. The van der Waals surface area contributed by atoms with Gasteiger partial charge in [0.2, 0.25) is 10.0 Å². The number of nitrogens with two attached hydrogens (primary N) is 1. The van der Waals surface area contributed by atoms with Crippen molar-refractivity contribution in [2.45, 2.75) is 11.3 Å². The number of para-hydroxylation sites is 1. The van der Waals surface area contributed by atoms with Crippen LogP contribution in [0, 0.1) is 0 Å². The van der Waals surface area contributed by atoms with Crippen molar-refractivity contribution >= 4 is 38.3 Å². The first-order valence-corrected chi connectivity index (χ1v) is 9.31. The van der Waals surface area contributed by atoms with E-state index >= 15 is 0 Å². The minimum atomic E-state index is -4.97. The number of carboxylic acid groups (broad SMARTS) is 1. The molecule has 0 fully saturated rings. The van der Waals surface area contributed by atoms with Crippen molar-refractivity contribution in [2.75, 3.05) is 5.32 Å². The van der Waals surface area contributed by atoms with E-state index in [4.69, 9.17) is 5.14 Å². The lowest BCUT2D eigenvalue weighted by atomic mass is 10.1. The number of primary sulfonamides is 1. The van der Waals surface area contributed by atoms with Gasteiger partial charge in [0.1, 0.15) is 10.6 Å². The predicted molar refractivity (Wildman–Crippen MR) is 96.5 cm³/mol. The molecule has 0 radical (unpaired) electrons. The van der Waals surface area contributed by atoms with E-state index in [-0.39, 0.29) is 27.8 Å². The van der Waals surface area contributed by atoms with Gasteiger partial charge in [0.25, 0.3) is 0 Å². The quantitative estimate of drug-likeness (QED) is 0.570. The fourth-order valence-electron chi connectivity index (χ4n) is 2.61. The van der Waals surface area contributed by atoms with Crippen molar-refractivity contribution in [1.82, 2.24) is 4.98 Å². The number of halogens is 3. The number of aromatic nitrogens is 1. The number of carbonyl (C=O) groups is 1. The van der Waals surface area contributed by atoms with Gasteiger partial charge < -0.3 is 15.2 Å². The number of nitrogens with zero attached hydrogens (tertiary/aromatic N) is 1. The summed E-state index contributed by atoms with van der Waals surface area (Å²) < 4.78 is 65.5. The number of sulfonamides is 1. The number of benzene rings is 2. The van der Waals surface area contributed by atoms with Gasteiger partial charge in [-0.25, -0.2) is 18.4 Å². The third-order valence-corrected chi connectivity index (χ3v) is 4.68. The molecule has 3 rings (SSSR count). The molecular formula is C17H12F3N3O5S. The maximum atomic E-state index is 12.6. The molecule has 0 bridgehead atoms. The van der Waals surface area contributed by atoms with Crippen LogP contribution in [-0.4, -0.2) is 30.8 Å². The summed E-state index contributed by atoms with van der Waals surface area (Å²) in [5.74, 6) is -1.92. The molecule has 0 amide bonds. The highest BCUT2D eigenvalue weighted by Crippen LogP contribution is 2.35. The Balaban J connectivity index is 2.26. The van der Waals surface area contributed by atoms with Crippen molar-refractivity contribution in [2.24, 2.45) is 5.14 Å². The van der Waals surface area contributed by atoms with E-state index in [9.17, 15) is 31.5 Å². The first kappa shape index (κ1) is 20.4. The van der Waals surface area contributed by atoms with Crippen LogP contribution in [0.25, 0.3) is 10.9 Å². The predicted octanol–water partition coefficient (Wildman–Crippen LogP) is 3.22. The highest BCUT2D eigenvalue weighted by Gasteiger charge is 2.31. The van der Waals surface area contributed by atoms with E-state index < -0.39 is 33.0 Å². The SMILES string of the molecule is NS(=O)(=O)c1cnc2ccc(OC(F)(F)F)cc2c1Nc1ccccc1C(=O)O. The summed E-state index contributed by atoms with van der Waals surface area (Å²) in [6.07, 6.45) is -4.05. The first-order valence-electron chi connectivity index (χ1n) is 7.76. The molecule has 0 saturated heterocycles. The lowest BCUT2D eigenvalue weighted by Gasteiger charge is -2.16. The molecule has 0 aliphatic heterocycles. The van der Waals surface area contributed by atoms with Crippen molar-refractivity contribution in [1.29, 1.82) is 0 Å². The minimum absolute atomic E-state index is 0.000423. The Hall–Kier alpha value is -3.38. The third-order valence-electron chi connectivity index (χ3n) is 3.76. The van der Waals surface area contributed by atoms with Crippen molar-refractivity contribution in [3.05, 3.63) is 54.2 Å². The van der Waals surface area contributed by atoms with Gasteiger partial charge in [-0.05, 0) is 30.3 Å². The summed E-state index contributed by atoms with van der Waals surface area (Å²) in [7, 11) is -4.36. The number of ether oxygens (including phenoxy) is 1. The highest BCUT2D eigenvalue weighted by atomic mass is 32.2. The van der Waals surface area contributed by atoms with Gasteiger partial charge in [-0.1, -0.05) is 12.1 Å². The summed E-state index contributed by atoms with van der Waals surface area (Å²) in [6, 6.07) is 8.70. The first-order chi connectivity index (χ1) is 13.5. The molecule has 0 unspecified atom stereocenters. The molecular weight excluding hydrogens is 415 g/mol. The molecule has 8 nitrogen and oxygen atoms in total. The van der Waals surface area contributed by atoms with Gasteiger partial charge >= 0.3 is 12.3 Å². The average Bonchev–Trinajstić information content (AvgIpc) is 2.60. The second-order valence-corrected chi connectivity index (χ2v) is 7.27. The number of hydrogen-bond acceptors (Lipinski definition) is 6. The molecule has 29 heavy (non-hydrogen) atoms. The molecule has 3 aromatic rings. The number of alkyl halides is 3. The fourth-order valence-corrected chi connectivity index (χ4v) is 3.25. The van der Waals surface area contributed by atoms with Gasteiger partial charge in [-0.15, -0.1) is 13.2 Å². The summed E-state index contributed by atoms with van der Waals surface area (Å²) in [5, 5.41) is 17.1. The number of hydrogen-bond donors (Lipinski definition) is 3. The van der Waals surface area contributed by atoms with Crippen LogP contribution in [0.4, 0.5) is 24.5 Å². The fraction of sp³-hybridized carbons (Fsp3) is 0.0588. The Bertz CT molecular complexity index is 1210. The van der Waals surface area contributed by atoms with Gasteiger partial charge in [0.05, 0.1) is 22.5 Å². The molecule has 0 atom stereocenters. The maximum Gasteiger partial charge on any atom is 0.573 e. The Morgan fingerprint density at radius 2 is 1.86 bits per heavy atom. The van der Waals surface area contributed by atoms with Gasteiger partial charge in [0, 0.05) is 11.6 Å². The summed E-state index contributed by atoms with van der Waals surface area (Å²) >= 11 is 0. The van der Waals surface area contributed by atoms with Crippen LogP contribution in [0.2, 0.25) is 0 Å². The largest absolute Gasteiger partial charge is 0.573 e. The maximum absolute atomic E-state index is 12.6. The van der Waals surface area contributed by atoms with Crippen molar-refractivity contribution < 1.29 is 36.2 Å². The molecule has 1 aromatic heterocycles. The number of nitrogens with one attached hydrogen (secondary N) is 1. The Morgan fingerprint density at radius 3 is 2.48 bits per heavy atom. The monoisotopic (exact) mass is 427 g/mol. The summed E-state index contributed by atoms with van der Waals surface area (Å²) in [6.45, 7) is 0. The molecule has 2 aromatic carbocycles. The number of aromatic carboxylic acids is 1. The normalized spacial score (nSPS) is 12.0. The zero-order valence-corrected chi connectivity index (χ0v) is 15.1.